The van der Waals surface area contributed by atoms with E-state index in [1.807, 2.05) is 24.3 Å². The van der Waals surface area contributed by atoms with E-state index < -0.39 is 0 Å². The molecule has 2 aromatic rings. The summed E-state index contributed by atoms with van der Waals surface area (Å²) in [5, 5.41) is 0. The molecule has 0 heterocycles. The van der Waals surface area contributed by atoms with E-state index in [1.54, 1.807) is 11.8 Å². The second-order valence-corrected chi connectivity index (χ2v) is 4.81. The second kappa shape index (κ2) is 5.87. The van der Waals surface area contributed by atoms with Gasteiger partial charge in [-0.15, -0.1) is 0 Å². The molecule has 0 saturated carbocycles. The molecule has 3 heteroatoms. The number of hydrogen-bond donors (Lipinski definition) is 2. The summed E-state index contributed by atoms with van der Waals surface area (Å²) in [6.45, 7) is 1.13. The Morgan fingerprint density at radius 1 is 0.706 bits per heavy atom. The molecule has 0 saturated heterocycles. The summed E-state index contributed by atoms with van der Waals surface area (Å²) < 4.78 is 0. The van der Waals surface area contributed by atoms with Crippen LogP contribution in [0, 0.1) is 0 Å². The van der Waals surface area contributed by atoms with Crippen molar-refractivity contribution in [2.45, 2.75) is 22.9 Å². The lowest BCUT2D eigenvalue weighted by molar-refractivity contribution is 1.01. The lowest BCUT2D eigenvalue weighted by atomic mass is 10.2. The molecule has 2 aromatic carbocycles. The molecule has 0 atom stereocenters. The van der Waals surface area contributed by atoms with Crippen LogP contribution in [0.5, 0.6) is 0 Å². The molecule has 0 aliphatic carbocycles. The molecule has 0 spiro atoms. The maximum atomic E-state index is 5.74. The summed E-state index contributed by atoms with van der Waals surface area (Å²) in [4.78, 5) is 2.41. The Bertz CT molecular complexity index is 452. The van der Waals surface area contributed by atoms with E-state index in [4.69, 9.17) is 11.5 Å². The van der Waals surface area contributed by atoms with Gasteiger partial charge in [0.05, 0.1) is 0 Å². The van der Waals surface area contributed by atoms with Crippen molar-refractivity contribution in [2.24, 2.45) is 11.5 Å². The third-order valence-corrected chi connectivity index (χ3v) is 3.84. The van der Waals surface area contributed by atoms with Gasteiger partial charge in [-0.25, -0.2) is 0 Å². The second-order valence-electron chi connectivity index (χ2n) is 3.73. The normalized spacial score (nSPS) is 10.5. The zero-order valence-corrected chi connectivity index (χ0v) is 10.4. The molecule has 2 nitrogen and oxygen atoms in total. The third kappa shape index (κ3) is 2.88. The molecule has 0 radical (unpaired) electrons. The van der Waals surface area contributed by atoms with Gasteiger partial charge in [0, 0.05) is 22.9 Å². The summed E-state index contributed by atoms with van der Waals surface area (Å²) in [5.74, 6) is 0. The lowest BCUT2D eigenvalue weighted by Gasteiger charge is -2.10. The van der Waals surface area contributed by atoms with E-state index >= 15 is 0 Å². The molecule has 0 bridgehead atoms. The average molecular weight is 244 g/mol. The van der Waals surface area contributed by atoms with Crippen molar-refractivity contribution in [3.8, 4) is 0 Å². The summed E-state index contributed by atoms with van der Waals surface area (Å²) in [6, 6.07) is 16.4. The predicted octanol–water partition coefficient (Wildman–Crippen LogP) is 2.76. The molecule has 0 aliphatic heterocycles. The van der Waals surface area contributed by atoms with Gasteiger partial charge in [-0.05, 0) is 23.3 Å². The van der Waals surface area contributed by atoms with Crippen molar-refractivity contribution in [3.63, 3.8) is 0 Å². The van der Waals surface area contributed by atoms with Gasteiger partial charge >= 0.3 is 0 Å². The SMILES string of the molecule is NCc1ccccc1Sc1ccccc1CN. The van der Waals surface area contributed by atoms with Gasteiger partial charge < -0.3 is 11.5 Å². The van der Waals surface area contributed by atoms with E-state index in [1.165, 1.54) is 20.9 Å². The fourth-order valence-corrected chi connectivity index (χ4v) is 2.76. The van der Waals surface area contributed by atoms with Crippen LogP contribution in [0.4, 0.5) is 0 Å². The minimum atomic E-state index is 0.563. The largest absolute Gasteiger partial charge is 0.326 e. The van der Waals surface area contributed by atoms with Crippen LogP contribution < -0.4 is 11.5 Å². The Hall–Kier alpha value is -1.29. The quantitative estimate of drug-likeness (QED) is 0.869. The Kier molecular flexibility index (Phi) is 4.20. The van der Waals surface area contributed by atoms with Crippen molar-refractivity contribution >= 4 is 11.8 Å². The van der Waals surface area contributed by atoms with Gasteiger partial charge in [0.1, 0.15) is 0 Å². The molecule has 88 valence electrons. The van der Waals surface area contributed by atoms with Crippen LogP contribution in [0.15, 0.2) is 58.3 Å². The van der Waals surface area contributed by atoms with Gasteiger partial charge in [0.25, 0.3) is 0 Å². The van der Waals surface area contributed by atoms with Crippen LogP contribution >= 0.6 is 11.8 Å². The van der Waals surface area contributed by atoms with Crippen LogP contribution in [0.25, 0.3) is 0 Å². The van der Waals surface area contributed by atoms with Crippen molar-refractivity contribution in [1.29, 1.82) is 0 Å². The first-order chi connectivity index (χ1) is 8.35. The number of nitrogens with two attached hydrogens (primary N) is 2. The first kappa shape index (κ1) is 12.2. The molecule has 17 heavy (non-hydrogen) atoms. The predicted molar refractivity (Wildman–Crippen MR) is 72.8 cm³/mol. The fourth-order valence-electron chi connectivity index (χ4n) is 1.66. The van der Waals surface area contributed by atoms with Crippen LogP contribution in [0.1, 0.15) is 11.1 Å². The molecule has 0 aliphatic rings. The molecular weight excluding hydrogens is 228 g/mol. The topological polar surface area (TPSA) is 52.0 Å². The van der Waals surface area contributed by atoms with Crippen molar-refractivity contribution in [3.05, 3.63) is 59.7 Å². The molecule has 0 aromatic heterocycles. The monoisotopic (exact) mass is 244 g/mol. The Morgan fingerprint density at radius 2 is 1.12 bits per heavy atom. The number of benzene rings is 2. The smallest absolute Gasteiger partial charge is 0.0189 e. The van der Waals surface area contributed by atoms with E-state index in [0.29, 0.717) is 13.1 Å². The van der Waals surface area contributed by atoms with Crippen LogP contribution in [0.2, 0.25) is 0 Å². The van der Waals surface area contributed by atoms with Crippen LogP contribution in [0.3, 0.4) is 0 Å². The first-order valence-electron chi connectivity index (χ1n) is 5.59. The van der Waals surface area contributed by atoms with Gasteiger partial charge in [-0.1, -0.05) is 48.2 Å². The van der Waals surface area contributed by atoms with Gasteiger partial charge in [0.2, 0.25) is 0 Å². The average Bonchev–Trinajstić information content (AvgIpc) is 2.40. The fraction of sp³-hybridized carbons (Fsp3) is 0.143. The summed E-state index contributed by atoms with van der Waals surface area (Å²) in [6.07, 6.45) is 0. The zero-order valence-electron chi connectivity index (χ0n) is 9.60. The first-order valence-corrected chi connectivity index (χ1v) is 6.40. The molecule has 0 unspecified atom stereocenters. The number of rotatable bonds is 4. The minimum Gasteiger partial charge on any atom is -0.326 e. The van der Waals surface area contributed by atoms with Crippen molar-refractivity contribution < 1.29 is 0 Å². The minimum absolute atomic E-state index is 0.563. The Morgan fingerprint density at radius 3 is 1.53 bits per heavy atom. The summed E-state index contributed by atoms with van der Waals surface area (Å²) in [7, 11) is 0. The molecular formula is C14H16N2S. The van der Waals surface area contributed by atoms with Crippen molar-refractivity contribution in [1.82, 2.24) is 0 Å². The standard InChI is InChI=1S/C14H16N2S/c15-9-11-5-1-3-7-13(11)17-14-8-4-2-6-12(14)10-16/h1-8H,9-10,15-16H2. The highest BCUT2D eigenvalue weighted by Gasteiger charge is 2.05. The lowest BCUT2D eigenvalue weighted by Crippen LogP contribution is -2.00. The summed E-state index contributed by atoms with van der Waals surface area (Å²) >= 11 is 1.73. The van der Waals surface area contributed by atoms with Crippen LogP contribution in [-0.4, -0.2) is 0 Å². The molecule has 4 N–H and O–H groups in total. The van der Waals surface area contributed by atoms with Crippen LogP contribution in [-0.2, 0) is 13.1 Å². The molecule has 2 rings (SSSR count). The Labute approximate surface area is 106 Å². The Balaban J connectivity index is 2.31. The van der Waals surface area contributed by atoms with Gasteiger partial charge in [0.15, 0.2) is 0 Å². The zero-order chi connectivity index (χ0) is 12.1. The van der Waals surface area contributed by atoms with Gasteiger partial charge in [-0.3, -0.25) is 0 Å². The maximum Gasteiger partial charge on any atom is 0.0189 e. The molecule has 0 fully saturated rings. The third-order valence-electron chi connectivity index (χ3n) is 2.60. The molecule has 0 amide bonds. The maximum absolute atomic E-state index is 5.74. The van der Waals surface area contributed by atoms with E-state index in [-0.39, 0.29) is 0 Å². The highest BCUT2D eigenvalue weighted by atomic mass is 32.2. The van der Waals surface area contributed by atoms with Crippen molar-refractivity contribution in [2.75, 3.05) is 0 Å². The highest BCUT2D eigenvalue weighted by Crippen LogP contribution is 2.32. The number of hydrogen-bond acceptors (Lipinski definition) is 3. The van der Waals surface area contributed by atoms with E-state index in [2.05, 4.69) is 24.3 Å². The van der Waals surface area contributed by atoms with Gasteiger partial charge in [-0.2, -0.15) is 0 Å². The van der Waals surface area contributed by atoms with E-state index in [9.17, 15) is 0 Å². The van der Waals surface area contributed by atoms with E-state index in [0.717, 1.165) is 0 Å². The highest BCUT2D eigenvalue weighted by molar-refractivity contribution is 7.99. The summed E-state index contributed by atoms with van der Waals surface area (Å²) in [5.41, 5.74) is 13.8.